The van der Waals surface area contributed by atoms with Crippen LogP contribution < -0.4 is 5.32 Å². The Morgan fingerprint density at radius 2 is 1.95 bits per heavy atom. The highest BCUT2D eigenvalue weighted by atomic mass is 16.4. The lowest BCUT2D eigenvalue weighted by Gasteiger charge is -2.24. The molecule has 0 unspecified atom stereocenters. The fourth-order valence-corrected chi connectivity index (χ4v) is 4.11. The lowest BCUT2D eigenvalue weighted by molar-refractivity contribution is -0.147. The van der Waals surface area contributed by atoms with Crippen molar-refractivity contribution in [2.24, 2.45) is 23.7 Å². The highest BCUT2D eigenvalue weighted by Gasteiger charge is 2.51. The molecule has 2 bridgehead atoms. The smallest absolute Gasteiger partial charge is 0.307 e. The molecule has 0 spiro atoms. The maximum atomic E-state index is 12.4. The summed E-state index contributed by atoms with van der Waals surface area (Å²) in [6.07, 6.45) is 12.8. The van der Waals surface area contributed by atoms with Crippen LogP contribution in [-0.2, 0) is 9.59 Å². The summed E-state index contributed by atoms with van der Waals surface area (Å²) in [4.78, 5) is 23.8. The van der Waals surface area contributed by atoms with E-state index >= 15 is 0 Å². The highest BCUT2D eigenvalue weighted by Crippen LogP contribution is 2.48. The number of amides is 1. The van der Waals surface area contributed by atoms with Gasteiger partial charge in [-0.1, -0.05) is 23.8 Å². The quantitative estimate of drug-likeness (QED) is 0.764. The van der Waals surface area contributed by atoms with E-state index in [0.717, 1.165) is 25.7 Å². The molecule has 0 radical (unpaired) electrons. The van der Waals surface area contributed by atoms with Gasteiger partial charge in [0.15, 0.2) is 0 Å². The molecule has 1 amide bonds. The van der Waals surface area contributed by atoms with Crippen LogP contribution in [-0.4, -0.2) is 23.5 Å². The Hall–Kier alpha value is -1.58. The first-order chi connectivity index (χ1) is 10.2. The fourth-order valence-electron chi connectivity index (χ4n) is 4.11. The molecule has 0 saturated heterocycles. The largest absolute Gasteiger partial charge is 0.481 e. The van der Waals surface area contributed by atoms with E-state index < -0.39 is 11.9 Å². The van der Waals surface area contributed by atoms with Crippen LogP contribution in [0.2, 0.25) is 0 Å². The van der Waals surface area contributed by atoms with E-state index in [1.54, 1.807) is 0 Å². The third-order valence-electron chi connectivity index (χ3n) is 5.18. The van der Waals surface area contributed by atoms with Crippen molar-refractivity contribution < 1.29 is 14.7 Å². The number of hydrogen-bond acceptors (Lipinski definition) is 2. The van der Waals surface area contributed by atoms with E-state index in [-0.39, 0.29) is 23.7 Å². The molecule has 1 fully saturated rings. The monoisotopic (exact) mass is 289 g/mol. The Labute approximate surface area is 125 Å². The molecule has 4 atom stereocenters. The lowest BCUT2D eigenvalue weighted by Crippen LogP contribution is -2.40. The van der Waals surface area contributed by atoms with Crippen molar-refractivity contribution in [1.29, 1.82) is 0 Å². The van der Waals surface area contributed by atoms with Gasteiger partial charge in [-0.15, -0.1) is 0 Å². The van der Waals surface area contributed by atoms with Crippen molar-refractivity contribution >= 4 is 11.9 Å². The maximum Gasteiger partial charge on any atom is 0.307 e. The van der Waals surface area contributed by atoms with Gasteiger partial charge in [0.05, 0.1) is 11.8 Å². The van der Waals surface area contributed by atoms with E-state index in [2.05, 4.69) is 11.4 Å². The van der Waals surface area contributed by atoms with Crippen molar-refractivity contribution in [1.82, 2.24) is 5.32 Å². The molecule has 3 aliphatic rings. The second-order valence-electron chi connectivity index (χ2n) is 6.49. The van der Waals surface area contributed by atoms with Gasteiger partial charge < -0.3 is 10.4 Å². The number of carbonyl (C=O) groups excluding carboxylic acids is 1. The van der Waals surface area contributed by atoms with Crippen LogP contribution in [0.3, 0.4) is 0 Å². The number of hydrogen-bond donors (Lipinski definition) is 2. The minimum Gasteiger partial charge on any atom is -0.481 e. The first-order valence-electron chi connectivity index (χ1n) is 8.03. The van der Waals surface area contributed by atoms with E-state index in [0.29, 0.717) is 6.54 Å². The molecule has 3 rings (SSSR count). The average molecular weight is 289 g/mol. The Kier molecular flexibility index (Phi) is 4.13. The molecule has 21 heavy (non-hydrogen) atoms. The van der Waals surface area contributed by atoms with Gasteiger partial charge in [-0.3, -0.25) is 9.59 Å². The van der Waals surface area contributed by atoms with E-state index in [4.69, 9.17) is 0 Å². The normalized spacial score (nSPS) is 33.8. The molecule has 114 valence electrons. The fraction of sp³-hybridized carbons (Fsp3) is 0.647. The molecule has 4 heteroatoms. The first-order valence-corrected chi connectivity index (χ1v) is 8.03. The predicted molar refractivity (Wildman–Crippen MR) is 79.5 cm³/mol. The predicted octanol–water partition coefficient (Wildman–Crippen LogP) is 2.52. The minimum atomic E-state index is -0.831. The summed E-state index contributed by atoms with van der Waals surface area (Å²) in [5.41, 5.74) is 1.43. The van der Waals surface area contributed by atoms with Crippen LogP contribution >= 0.6 is 0 Å². The van der Waals surface area contributed by atoms with Gasteiger partial charge >= 0.3 is 5.97 Å². The highest BCUT2D eigenvalue weighted by molar-refractivity contribution is 5.86. The summed E-state index contributed by atoms with van der Waals surface area (Å²) >= 11 is 0. The van der Waals surface area contributed by atoms with Crippen LogP contribution in [0.1, 0.15) is 38.5 Å². The minimum absolute atomic E-state index is 0.0457. The van der Waals surface area contributed by atoms with Crippen molar-refractivity contribution in [2.75, 3.05) is 6.54 Å². The van der Waals surface area contributed by atoms with E-state index in [1.165, 1.54) is 18.4 Å². The third-order valence-corrected chi connectivity index (χ3v) is 5.18. The number of rotatable bonds is 5. The second-order valence-corrected chi connectivity index (χ2v) is 6.49. The van der Waals surface area contributed by atoms with E-state index in [1.807, 2.05) is 12.2 Å². The van der Waals surface area contributed by atoms with Crippen molar-refractivity contribution in [3.8, 4) is 0 Å². The third kappa shape index (κ3) is 2.89. The molecule has 0 aromatic heterocycles. The van der Waals surface area contributed by atoms with Gasteiger partial charge in [0.2, 0.25) is 5.91 Å². The summed E-state index contributed by atoms with van der Waals surface area (Å²) in [5, 5.41) is 12.3. The summed E-state index contributed by atoms with van der Waals surface area (Å²) < 4.78 is 0. The summed E-state index contributed by atoms with van der Waals surface area (Å²) in [5.74, 6) is -1.65. The van der Waals surface area contributed by atoms with Crippen molar-refractivity contribution in [2.45, 2.75) is 38.5 Å². The second kappa shape index (κ2) is 6.04. The van der Waals surface area contributed by atoms with Gasteiger partial charge in [0.25, 0.3) is 0 Å². The molecule has 0 heterocycles. The van der Waals surface area contributed by atoms with Crippen LogP contribution in [0.15, 0.2) is 23.8 Å². The number of carboxylic acids is 1. The van der Waals surface area contributed by atoms with E-state index in [9.17, 15) is 14.7 Å². The van der Waals surface area contributed by atoms with Crippen molar-refractivity contribution in [3.05, 3.63) is 23.8 Å². The Morgan fingerprint density at radius 1 is 1.19 bits per heavy atom. The number of allylic oxidation sites excluding steroid dienone is 3. The number of carbonyl (C=O) groups is 2. The molecule has 1 saturated carbocycles. The van der Waals surface area contributed by atoms with Gasteiger partial charge in [0, 0.05) is 6.54 Å². The molecule has 4 nitrogen and oxygen atoms in total. The topological polar surface area (TPSA) is 66.4 Å². The van der Waals surface area contributed by atoms with Gasteiger partial charge in [-0.2, -0.15) is 0 Å². The summed E-state index contributed by atoms with van der Waals surface area (Å²) in [6.45, 7) is 0.634. The standard InChI is InChI=1S/C17H23NO3/c19-16(18-9-8-11-4-2-1-3-5-11)14-12-6-7-13(10-12)15(14)17(20)21/h4,6-7,12-15H,1-3,5,8-10H2,(H,18,19)(H,20,21)/t12-,13+,14+,15+/m0/s1. The molecule has 3 aliphatic carbocycles. The zero-order chi connectivity index (χ0) is 14.8. The molecular weight excluding hydrogens is 266 g/mol. The van der Waals surface area contributed by atoms with Crippen molar-refractivity contribution in [3.63, 3.8) is 0 Å². The zero-order valence-electron chi connectivity index (χ0n) is 12.3. The molecular formula is C17H23NO3. The molecule has 2 N–H and O–H groups in total. The van der Waals surface area contributed by atoms with Crippen LogP contribution in [0.25, 0.3) is 0 Å². The maximum absolute atomic E-state index is 12.4. The van der Waals surface area contributed by atoms with Crippen LogP contribution in [0.4, 0.5) is 0 Å². The molecule has 0 aromatic carbocycles. The van der Waals surface area contributed by atoms with Gasteiger partial charge in [0.1, 0.15) is 0 Å². The first kappa shape index (κ1) is 14.4. The molecule has 0 aromatic rings. The Bertz CT molecular complexity index is 494. The number of carboxylic acid groups (broad SMARTS) is 1. The van der Waals surface area contributed by atoms with Gasteiger partial charge in [-0.05, 0) is 50.4 Å². The summed E-state index contributed by atoms with van der Waals surface area (Å²) in [7, 11) is 0. The lowest BCUT2D eigenvalue weighted by atomic mass is 9.82. The van der Waals surface area contributed by atoms with Crippen LogP contribution in [0, 0.1) is 23.7 Å². The average Bonchev–Trinajstić information content (AvgIpc) is 3.08. The SMILES string of the molecule is O=C(O)[C@H]1[C@H](C(=O)NCCC2=CCCCC2)[C@H]2C=C[C@@H]1C2. The van der Waals surface area contributed by atoms with Gasteiger partial charge in [-0.25, -0.2) is 0 Å². The molecule has 0 aliphatic heterocycles. The Balaban J connectivity index is 1.54. The number of aliphatic carboxylic acids is 1. The Morgan fingerprint density at radius 3 is 2.62 bits per heavy atom. The van der Waals surface area contributed by atoms with Crippen LogP contribution in [0.5, 0.6) is 0 Å². The zero-order valence-corrected chi connectivity index (χ0v) is 12.3. The number of fused-ring (bicyclic) bond motifs is 2. The number of nitrogens with one attached hydrogen (secondary N) is 1. The summed E-state index contributed by atoms with van der Waals surface area (Å²) in [6, 6.07) is 0.